The molecule has 21 heteroatoms. The maximum atomic E-state index is 12.0. The van der Waals surface area contributed by atoms with Crippen LogP contribution in [0.2, 0.25) is 0 Å². The predicted molar refractivity (Wildman–Crippen MR) is 385 cm³/mol. The SMILES string of the molecule is C1CCOC1.CCN(C)C(=O)C1CCCC1.CNOC.CO.C[CH-]C.Cl.NCc1ccc(C2(C3CCCC3)OCCO2)cc1.O=C(O)C1CCCC1.[Br-].[C-]#[N+]c1ccc(Br)cc1.[C-]#[N+]c1ccc(C(=O)C2CCCC2)cc1.[C-]#[N+]c1ccc(C2(C3CCCC3)OCCO2)cc1.[Mg+2]. The van der Waals surface area contributed by atoms with Gasteiger partial charge in [-0.2, -0.15) is 13.8 Å². The van der Waals surface area contributed by atoms with Crippen molar-refractivity contribution in [2.45, 2.75) is 180 Å². The first-order valence-corrected chi connectivity index (χ1v) is 34.4. The number of carbonyl (C=O) groups is 3. The zero-order valence-electron chi connectivity index (χ0n) is 58.2. The number of rotatable bonds is 11. The molecule has 5 saturated carbocycles. The fraction of sp³-hybridized carbons (Fsp3) is 0.587. The van der Waals surface area contributed by atoms with Crippen molar-refractivity contribution in [1.29, 1.82) is 0 Å². The van der Waals surface area contributed by atoms with Gasteiger partial charge in [0.05, 0.1) is 59.2 Å². The Bertz CT molecular complexity index is 2770. The number of ketones is 1. The largest absolute Gasteiger partial charge is 2.00 e. The number of aliphatic carboxylic acids is 1. The molecule has 4 aromatic rings. The van der Waals surface area contributed by atoms with Gasteiger partial charge in [0, 0.05) is 92.3 Å². The molecule has 4 aromatic carbocycles. The molecular weight excluding hydrogens is 1380 g/mol. The van der Waals surface area contributed by atoms with E-state index < -0.39 is 17.5 Å². The monoisotopic (exact) mass is 1490 g/mol. The number of nitrogens with one attached hydrogen (secondary N) is 1. The Morgan fingerprint density at radius 3 is 1.22 bits per heavy atom. The van der Waals surface area contributed by atoms with E-state index >= 15 is 0 Å². The van der Waals surface area contributed by atoms with Gasteiger partial charge in [0.2, 0.25) is 5.91 Å². The van der Waals surface area contributed by atoms with Crippen LogP contribution in [0.4, 0.5) is 17.1 Å². The van der Waals surface area contributed by atoms with Crippen LogP contribution in [0.15, 0.2) is 102 Å². The van der Waals surface area contributed by atoms with Gasteiger partial charge in [0.15, 0.2) is 34.4 Å². The third kappa shape index (κ3) is 31.9. The van der Waals surface area contributed by atoms with Crippen LogP contribution >= 0.6 is 28.3 Å². The van der Waals surface area contributed by atoms with Crippen LogP contribution in [0.1, 0.15) is 189 Å². The van der Waals surface area contributed by atoms with E-state index in [0.717, 1.165) is 105 Å². The van der Waals surface area contributed by atoms with Crippen molar-refractivity contribution < 1.29 is 70.1 Å². The minimum absolute atomic E-state index is 0. The Labute approximate surface area is 616 Å². The second-order valence-electron chi connectivity index (χ2n) is 23.8. The molecule has 8 aliphatic rings. The van der Waals surface area contributed by atoms with Gasteiger partial charge < -0.3 is 72.8 Å². The van der Waals surface area contributed by atoms with Crippen molar-refractivity contribution in [3.05, 3.63) is 164 Å². The molecule has 5 aliphatic carbocycles. The third-order valence-corrected chi connectivity index (χ3v) is 18.0. The topological polar surface area (TPSA) is 201 Å². The second kappa shape index (κ2) is 54.4. The number of Topliss-reactive ketones (excluding diaryl/α,β-unsaturated/α-hetero) is 1. The van der Waals surface area contributed by atoms with E-state index in [0.29, 0.717) is 73.7 Å². The zero-order chi connectivity index (χ0) is 68.1. The molecule has 1 amide bonds. The summed E-state index contributed by atoms with van der Waals surface area (Å²) in [7, 11) is 6.17. The molecule has 0 aromatic heterocycles. The number of hydroxylamine groups is 1. The van der Waals surface area contributed by atoms with Gasteiger partial charge in [-0.15, -0.1) is 12.4 Å². The van der Waals surface area contributed by atoms with Crippen molar-refractivity contribution in [2.24, 2.45) is 35.3 Å². The Kier molecular flexibility index (Phi) is 52.0. The summed E-state index contributed by atoms with van der Waals surface area (Å²) in [5.74, 6) is 0.485. The second-order valence-corrected chi connectivity index (χ2v) is 24.7. The quantitative estimate of drug-likeness (QED) is 0.0479. The van der Waals surface area contributed by atoms with E-state index in [1.54, 1.807) is 50.6 Å². The summed E-state index contributed by atoms with van der Waals surface area (Å²) in [5.41, 5.74) is 14.2. The summed E-state index contributed by atoms with van der Waals surface area (Å²) in [6.07, 6.45) is 27.6. The fourth-order valence-electron chi connectivity index (χ4n) is 12.3. The Morgan fingerprint density at radius 1 is 0.594 bits per heavy atom. The van der Waals surface area contributed by atoms with E-state index in [2.05, 4.69) is 65.0 Å². The number of benzene rings is 4. The normalized spacial score (nSPS) is 17.8. The smallest absolute Gasteiger partial charge is 1.00 e. The number of amides is 1. The number of nitrogens with zero attached hydrogens (tertiary/aromatic N) is 4. The van der Waals surface area contributed by atoms with Crippen LogP contribution in [0.3, 0.4) is 0 Å². The molecule has 0 atom stereocenters. The number of carbonyl (C=O) groups excluding carboxylic acids is 2. The Hall–Kier alpha value is -4.38. The maximum absolute atomic E-state index is 12.0. The number of carboxylic acids is 1. The van der Waals surface area contributed by atoms with Crippen LogP contribution in [-0.2, 0) is 56.2 Å². The number of hydrogen-bond acceptors (Lipinski definition) is 12. The molecule has 0 bridgehead atoms. The summed E-state index contributed by atoms with van der Waals surface area (Å²) in [6.45, 7) is 32.6. The third-order valence-electron chi connectivity index (χ3n) is 17.5. The number of ether oxygens (including phenoxy) is 5. The van der Waals surface area contributed by atoms with E-state index in [1.807, 2.05) is 75.5 Å². The van der Waals surface area contributed by atoms with Crippen molar-refractivity contribution in [1.82, 2.24) is 10.4 Å². The summed E-state index contributed by atoms with van der Waals surface area (Å²) in [6, 6.07) is 30.3. The van der Waals surface area contributed by atoms with Gasteiger partial charge in [0.1, 0.15) is 0 Å². The standard InChI is InChI=1S/C15H17NO2.C15H21NO2.C13H13NO.C9H17NO.C7H4BrN.C6H10O2.C4H8O.C3H7.C2H7NO.CH4O.BrH.ClH.Mg/c1-16-14-8-6-13(7-9-14)15(17-10-11-18-15)12-4-2-3-5-12;16-11-12-5-7-14(8-6-12)15(17-9-10-18-15)13-3-1-2-4-13;1-14-12-8-6-11(7-9-12)13(15)10-4-2-3-5-10;1-3-10(2)9(11)8-6-4-5-7-8;1-9-7-4-2-6(8)3-5-7;7-6(8)5-3-1-2-4-5;1-2-4-5-3-1;1-3-2;1-3-4-2;1-2;;;/h6-9,12H,2-5,10-11H2;5-8,13H,1-4,9-11,16H2;6-10H,2-5H2;8H,3-7H2,1-2H3;2-5H;5H,1-4H2,(H,7,8);1-4H2;3H,1-2H3;3H,1-2H3;2H,1H3;2*1H;/q;;;;;;;-1;;;;;+2/p-1. The number of nitrogens with two attached hydrogens (primary N) is 1. The minimum atomic E-state index is -0.609. The van der Waals surface area contributed by atoms with Crippen LogP contribution in [0, 0.1) is 55.7 Å². The molecule has 528 valence electrons. The number of hydrogen-bond donors (Lipinski definition) is 4. The van der Waals surface area contributed by atoms with E-state index in [1.165, 1.54) is 89.9 Å². The number of aliphatic hydroxyl groups is 1. The van der Waals surface area contributed by atoms with Gasteiger partial charge in [-0.25, -0.2) is 20.0 Å². The number of halogens is 3. The first-order chi connectivity index (χ1) is 45.2. The first kappa shape index (κ1) is 91.6. The molecule has 8 fully saturated rings. The van der Waals surface area contributed by atoms with Gasteiger partial charge in [-0.1, -0.05) is 177 Å². The van der Waals surface area contributed by atoms with Crippen LogP contribution < -0.4 is 28.2 Å². The molecule has 17 nitrogen and oxygen atoms in total. The summed E-state index contributed by atoms with van der Waals surface area (Å²) < 4.78 is 30.0. The molecule has 3 heterocycles. The predicted octanol–water partition coefficient (Wildman–Crippen LogP) is 14.1. The summed E-state index contributed by atoms with van der Waals surface area (Å²) in [5, 5.41) is 15.4. The van der Waals surface area contributed by atoms with E-state index in [-0.39, 0.29) is 70.1 Å². The molecular formula is C75H109Br2ClMgN6O11. The van der Waals surface area contributed by atoms with Crippen molar-refractivity contribution in [3.63, 3.8) is 0 Å². The van der Waals surface area contributed by atoms with Gasteiger partial charge in [-0.3, -0.25) is 14.4 Å². The molecule has 0 spiro atoms. The number of aliphatic hydroxyl groups excluding tert-OH is 1. The van der Waals surface area contributed by atoms with Crippen molar-refractivity contribution in [2.75, 3.05) is 74.5 Å². The molecule has 12 rings (SSSR count). The van der Waals surface area contributed by atoms with Crippen molar-refractivity contribution in [3.8, 4) is 0 Å². The number of carboxylic acid groups (broad SMARTS) is 1. The Morgan fingerprint density at radius 2 is 0.917 bits per heavy atom. The Balaban J connectivity index is 0.00000110. The molecule has 96 heavy (non-hydrogen) atoms. The summed E-state index contributed by atoms with van der Waals surface area (Å²) >= 11 is 3.27. The zero-order valence-corrected chi connectivity index (χ0v) is 63.6. The molecule has 5 N–H and O–H groups in total. The van der Waals surface area contributed by atoms with Gasteiger partial charge in [0.25, 0.3) is 0 Å². The van der Waals surface area contributed by atoms with E-state index in [4.69, 9.17) is 59.3 Å². The first-order valence-electron chi connectivity index (χ1n) is 33.6. The van der Waals surface area contributed by atoms with Gasteiger partial charge in [-0.05, 0) is 89.5 Å². The molecule has 3 saturated heterocycles. The fourth-order valence-corrected chi connectivity index (χ4v) is 12.6. The minimum Gasteiger partial charge on any atom is -1.00 e. The molecule has 3 aliphatic heterocycles. The van der Waals surface area contributed by atoms with Crippen LogP contribution in [0.25, 0.3) is 14.5 Å². The van der Waals surface area contributed by atoms with E-state index in [9.17, 15) is 14.4 Å². The van der Waals surface area contributed by atoms with Crippen LogP contribution in [0.5, 0.6) is 0 Å². The van der Waals surface area contributed by atoms with Gasteiger partial charge >= 0.3 is 29.0 Å². The molecule has 0 radical (unpaired) electrons. The average Bonchev–Trinajstić information content (AvgIpc) is 1.62. The van der Waals surface area contributed by atoms with Crippen LogP contribution in [-0.4, -0.2) is 130 Å². The molecule has 0 unspecified atom stereocenters. The van der Waals surface area contributed by atoms with Crippen molar-refractivity contribution >= 4 is 86.1 Å². The maximum Gasteiger partial charge on any atom is 2.00 e. The average molecular weight is 1490 g/mol. The summed E-state index contributed by atoms with van der Waals surface area (Å²) in [4.78, 5) is 49.8.